The molecule has 4 heteroatoms. The van der Waals surface area contributed by atoms with Gasteiger partial charge in [-0.25, -0.2) is 0 Å². The van der Waals surface area contributed by atoms with Crippen LogP contribution in [0.4, 0.5) is 0 Å². The van der Waals surface area contributed by atoms with Crippen LogP contribution < -0.4 is 5.32 Å². The highest BCUT2D eigenvalue weighted by molar-refractivity contribution is 7.98. The van der Waals surface area contributed by atoms with Gasteiger partial charge >= 0.3 is 0 Å². The smallest absolute Gasteiger partial charge is 0.244 e. The van der Waals surface area contributed by atoms with Crippen molar-refractivity contribution in [3.63, 3.8) is 0 Å². The summed E-state index contributed by atoms with van der Waals surface area (Å²) in [6.07, 6.45) is 8.85. The first-order chi connectivity index (χ1) is 9.78. The summed E-state index contributed by atoms with van der Waals surface area (Å²) in [6, 6.07) is 11.9. The number of thioether (sulfide) groups is 1. The third-order valence-corrected chi connectivity index (χ3v) is 3.48. The number of rotatable bonds is 5. The van der Waals surface area contributed by atoms with Crippen molar-refractivity contribution in [2.75, 3.05) is 6.26 Å². The molecule has 3 nitrogen and oxygen atoms in total. The van der Waals surface area contributed by atoms with Crippen molar-refractivity contribution in [2.45, 2.75) is 11.4 Å². The fourth-order valence-electron chi connectivity index (χ4n) is 1.64. The van der Waals surface area contributed by atoms with Crippen LogP contribution in [0.3, 0.4) is 0 Å². The van der Waals surface area contributed by atoms with Crippen molar-refractivity contribution in [3.8, 4) is 0 Å². The summed E-state index contributed by atoms with van der Waals surface area (Å²) >= 11 is 1.70. The number of aromatic nitrogens is 1. The second-order valence-electron chi connectivity index (χ2n) is 4.19. The minimum Gasteiger partial charge on any atom is -0.348 e. The quantitative estimate of drug-likeness (QED) is 0.677. The number of hydrogen-bond acceptors (Lipinski definition) is 3. The van der Waals surface area contributed by atoms with Crippen molar-refractivity contribution in [3.05, 3.63) is 66.0 Å². The Morgan fingerprint density at radius 1 is 1.30 bits per heavy atom. The molecule has 0 aliphatic heterocycles. The Labute approximate surface area is 123 Å². The summed E-state index contributed by atoms with van der Waals surface area (Å²) in [5.74, 6) is -0.109. The lowest BCUT2D eigenvalue weighted by Gasteiger charge is -2.01. The Morgan fingerprint density at radius 3 is 2.75 bits per heavy atom. The zero-order valence-corrected chi connectivity index (χ0v) is 12.1. The van der Waals surface area contributed by atoms with Crippen LogP contribution >= 0.6 is 11.8 Å². The third-order valence-electron chi connectivity index (χ3n) is 2.73. The summed E-state index contributed by atoms with van der Waals surface area (Å²) in [5.41, 5.74) is 2.00. The van der Waals surface area contributed by atoms with E-state index in [0.29, 0.717) is 6.54 Å². The number of hydrogen-bond donors (Lipinski definition) is 1. The number of carbonyl (C=O) groups excluding carboxylic acids is 1. The van der Waals surface area contributed by atoms with E-state index in [0.717, 1.165) is 11.1 Å². The molecule has 0 saturated heterocycles. The molecule has 1 amide bonds. The van der Waals surface area contributed by atoms with Crippen molar-refractivity contribution in [1.29, 1.82) is 0 Å². The lowest BCUT2D eigenvalue weighted by Crippen LogP contribution is -2.20. The summed E-state index contributed by atoms with van der Waals surface area (Å²) in [7, 11) is 0. The van der Waals surface area contributed by atoms with E-state index in [1.807, 2.05) is 48.7 Å². The number of amides is 1. The number of benzene rings is 1. The zero-order chi connectivity index (χ0) is 14.2. The molecule has 1 heterocycles. The molecule has 102 valence electrons. The van der Waals surface area contributed by atoms with Gasteiger partial charge in [0.1, 0.15) is 0 Å². The van der Waals surface area contributed by atoms with Crippen LogP contribution in [0, 0.1) is 0 Å². The van der Waals surface area contributed by atoms with Gasteiger partial charge in [0.2, 0.25) is 5.91 Å². The zero-order valence-electron chi connectivity index (χ0n) is 11.2. The molecule has 0 spiro atoms. The molecule has 2 rings (SSSR count). The lowest BCUT2D eigenvalue weighted by atomic mass is 10.2. The highest BCUT2D eigenvalue weighted by Crippen LogP contribution is 2.15. The van der Waals surface area contributed by atoms with Crippen molar-refractivity contribution >= 4 is 23.7 Å². The van der Waals surface area contributed by atoms with Gasteiger partial charge in [-0.05, 0) is 41.7 Å². The number of pyridine rings is 1. The second-order valence-corrected chi connectivity index (χ2v) is 5.07. The van der Waals surface area contributed by atoms with Crippen LogP contribution in [-0.4, -0.2) is 17.1 Å². The maximum Gasteiger partial charge on any atom is 0.244 e. The first-order valence-electron chi connectivity index (χ1n) is 6.27. The topological polar surface area (TPSA) is 42.0 Å². The van der Waals surface area contributed by atoms with Crippen LogP contribution in [0.2, 0.25) is 0 Å². The van der Waals surface area contributed by atoms with Gasteiger partial charge in [-0.3, -0.25) is 9.78 Å². The lowest BCUT2D eigenvalue weighted by molar-refractivity contribution is -0.116. The van der Waals surface area contributed by atoms with Gasteiger partial charge in [-0.1, -0.05) is 18.2 Å². The predicted octanol–water partition coefficient (Wildman–Crippen LogP) is 3.13. The van der Waals surface area contributed by atoms with Gasteiger partial charge in [0.25, 0.3) is 0 Å². The van der Waals surface area contributed by atoms with Crippen molar-refractivity contribution < 1.29 is 4.79 Å². The van der Waals surface area contributed by atoms with Crippen LogP contribution in [-0.2, 0) is 11.3 Å². The summed E-state index contributed by atoms with van der Waals surface area (Å²) in [6.45, 7) is 0.489. The van der Waals surface area contributed by atoms with Gasteiger partial charge in [-0.2, -0.15) is 0 Å². The Bertz CT molecular complexity index is 579. The van der Waals surface area contributed by atoms with E-state index < -0.39 is 0 Å². The Balaban J connectivity index is 1.85. The molecule has 0 atom stereocenters. The van der Waals surface area contributed by atoms with E-state index in [1.54, 1.807) is 30.2 Å². The number of nitrogens with zero attached hydrogens (tertiary/aromatic N) is 1. The molecule has 1 aromatic heterocycles. The molecular weight excluding hydrogens is 268 g/mol. The molecule has 1 aromatic carbocycles. The van der Waals surface area contributed by atoms with Crippen LogP contribution in [0.15, 0.2) is 59.8 Å². The second kappa shape index (κ2) is 7.50. The molecule has 0 bridgehead atoms. The van der Waals surface area contributed by atoms with E-state index in [-0.39, 0.29) is 5.91 Å². The van der Waals surface area contributed by atoms with Gasteiger partial charge in [0.05, 0.1) is 0 Å². The van der Waals surface area contributed by atoms with Crippen LogP contribution in [0.5, 0.6) is 0 Å². The first kappa shape index (κ1) is 14.3. The maximum atomic E-state index is 11.7. The largest absolute Gasteiger partial charge is 0.348 e. The van der Waals surface area contributed by atoms with E-state index in [4.69, 9.17) is 0 Å². The van der Waals surface area contributed by atoms with E-state index in [9.17, 15) is 4.79 Å². The van der Waals surface area contributed by atoms with Crippen LogP contribution in [0.1, 0.15) is 11.1 Å². The Kier molecular flexibility index (Phi) is 5.38. The maximum absolute atomic E-state index is 11.7. The predicted molar refractivity (Wildman–Crippen MR) is 83.3 cm³/mol. The monoisotopic (exact) mass is 284 g/mol. The highest BCUT2D eigenvalue weighted by atomic mass is 32.2. The fourth-order valence-corrected chi connectivity index (χ4v) is 2.05. The number of nitrogens with one attached hydrogen (secondary N) is 1. The Morgan fingerprint density at radius 2 is 2.10 bits per heavy atom. The summed E-state index contributed by atoms with van der Waals surface area (Å²) < 4.78 is 0. The van der Waals surface area contributed by atoms with E-state index >= 15 is 0 Å². The molecule has 0 saturated carbocycles. The van der Waals surface area contributed by atoms with Gasteiger partial charge in [0, 0.05) is 29.9 Å². The minimum atomic E-state index is -0.109. The molecular formula is C16H16N2OS. The highest BCUT2D eigenvalue weighted by Gasteiger charge is 1.96. The van der Waals surface area contributed by atoms with Gasteiger partial charge in [0.15, 0.2) is 0 Å². The number of carbonyl (C=O) groups is 1. The van der Waals surface area contributed by atoms with E-state index in [2.05, 4.69) is 10.3 Å². The molecule has 0 aliphatic carbocycles. The molecule has 1 N–H and O–H groups in total. The molecule has 0 radical (unpaired) electrons. The molecule has 0 fully saturated rings. The SMILES string of the molecule is CSc1ccc(C=CC(=O)NCc2cccnc2)cc1. The standard InChI is InChI=1S/C16H16N2OS/c1-20-15-7-4-13(5-8-15)6-9-16(19)18-12-14-3-2-10-17-11-14/h2-11H,12H2,1H3,(H,18,19). The molecule has 0 aliphatic rings. The first-order valence-corrected chi connectivity index (χ1v) is 7.49. The molecule has 2 aromatic rings. The van der Waals surface area contributed by atoms with Crippen LogP contribution in [0.25, 0.3) is 6.08 Å². The minimum absolute atomic E-state index is 0.109. The average molecular weight is 284 g/mol. The van der Waals surface area contributed by atoms with E-state index in [1.165, 1.54) is 4.90 Å². The average Bonchev–Trinajstić information content (AvgIpc) is 2.52. The normalized spacial score (nSPS) is 10.7. The summed E-state index contributed by atoms with van der Waals surface area (Å²) in [5, 5.41) is 2.82. The van der Waals surface area contributed by atoms with Crippen molar-refractivity contribution in [1.82, 2.24) is 10.3 Å². The molecule has 20 heavy (non-hydrogen) atoms. The van der Waals surface area contributed by atoms with Gasteiger partial charge in [-0.15, -0.1) is 11.8 Å². The fraction of sp³-hybridized carbons (Fsp3) is 0.125. The third kappa shape index (κ3) is 4.55. The van der Waals surface area contributed by atoms with Crippen molar-refractivity contribution in [2.24, 2.45) is 0 Å². The Hall–Kier alpha value is -2.07. The summed E-state index contributed by atoms with van der Waals surface area (Å²) in [4.78, 5) is 16.9. The molecule has 0 unspecified atom stereocenters. The van der Waals surface area contributed by atoms with Gasteiger partial charge < -0.3 is 5.32 Å².